The van der Waals surface area contributed by atoms with Crippen molar-refractivity contribution in [2.45, 2.75) is 5.41 Å². The molecule has 0 saturated heterocycles. The van der Waals surface area contributed by atoms with Crippen LogP contribution in [0.15, 0.2) is 273 Å². The summed E-state index contributed by atoms with van der Waals surface area (Å²) >= 11 is 0. The second kappa shape index (κ2) is 17.4. The molecule has 2 aliphatic rings. The van der Waals surface area contributed by atoms with Crippen molar-refractivity contribution in [3.8, 4) is 62.8 Å². The molecular formula is C78H45N7O. The highest BCUT2D eigenvalue weighted by atomic mass is 16.5. The van der Waals surface area contributed by atoms with Gasteiger partial charge in [0.1, 0.15) is 11.5 Å². The predicted molar refractivity (Wildman–Crippen MR) is 347 cm³/mol. The third-order valence-electron chi connectivity index (χ3n) is 18.5. The van der Waals surface area contributed by atoms with Crippen LogP contribution in [-0.4, -0.2) is 28.2 Å². The number of hydrogen-bond donors (Lipinski definition) is 0. The Morgan fingerprint density at radius 3 is 1.38 bits per heavy atom. The second-order valence-electron chi connectivity index (χ2n) is 22.7. The van der Waals surface area contributed by atoms with E-state index in [2.05, 4.69) is 273 Å². The molecule has 7 heterocycles. The number of para-hydroxylation sites is 8. The summed E-state index contributed by atoms with van der Waals surface area (Å²) < 4.78 is 16.8. The Morgan fingerprint density at radius 1 is 0.326 bits per heavy atom. The molecule has 0 amide bonds. The zero-order valence-corrected chi connectivity index (χ0v) is 46.0. The van der Waals surface area contributed by atoms with Crippen LogP contribution in [0.4, 0.5) is 0 Å². The van der Waals surface area contributed by atoms with Crippen LogP contribution in [0.3, 0.4) is 0 Å². The van der Waals surface area contributed by atoms with E-state index < -0.39 is 5.41 Å². The van der Waals surface area contributed by atoms with Crippen molar-refractivity contribution in [1.29, 1.82) is 5.26 Å². The van der Waals surface area contributed by atoms with Gasteiger partial charge in [-0.1, -0.05) is 146 Å². The summed E-state index contributed by atoms with van der Waals surface area (Å²) in [6.07, 6.45) is 3.90. The van der Waals surface area contributed by atoms with Gasteiger partial charge >= 0.3 is 0 Å². The van der Waals surface area contributed by atoms with E-state index in [-0.39, 0.29) is 0 Å². The van der Waals surface area contributed by atoms with Gasteiger partial charge in [-0.05, 0) is 126 Å². The molecule has 8 nitrogen and oxygen atoms in total. The summed E-state index contributed by atoms with van der Waals surface area (Å²) in [5.41, 5.74) is 20.3. The molecule has 0 bridgehead atoms. The minimum absolute atomic E-state index is 0.603. The molecule has 11 aromatic carbocycles. The molecule has 8 heteroatoms. The van der Waals surface area contributed by atoms with Crippen LogP contribution in [-0.2, 0) is 5.41 Å². The van der Waals surface area contributed by atoms with Gasteiger partial charge in [-0.25, -0.2) is 0 Å². The van der Waals surface area contributed by atoms with Crippen molar-refractivity contribution in [2.24, 2.45) is 0 Å². The van der Waals surface area contributed by atoms with Gasteiger partial charge in [-0.2, -0.15) is 5.26 Å². The minimum atomic E-state index is -0.933. The lowest BCUT2D eigenvalue weighted by Gasteiger charge is -2.39. The fourth-order valence-electron chi connectivity index (χ4n) is 15.0. The quantitative estimate of drug-likeness (QED) is 0.172. The number of pyridine rings is 2. The molecule has 17 aromatic rings. The summed E-state index contributed by atoms with van der Waals surface area (Å²) in [7, 11) is 0. The first-order valence-corrected chi connectivity index (χ1v) is 29.1. The van der Waals surface area contributed by atoms with Crippen molar-refractivity contribution in [3.05, 3.63) is 301 Å². The van der Waals surface area contributed by atoms with Gasteiger partial charge < -0.3 is 23.0 Å². The van der Waals surface area contributed by atoms with Crippen LogP contribution < -0.4 is 4.74 Å². The summed E-state index contributed by atoms with van der Waals surface area (Å²) in [5, 5.41) is 19.7. The van der Waals surface area contributed by atoms with Crippen molar-refractivity contribution in [1.82, 2.24) is 28.2 Å². The molecule has 398 valence electrons. The van der Waals surface area contributed by atoms with Gasteiger partial charge in [0, 0.05) is 77.7 Å². The average Bonchev–Trinajstić information content (AvgIpc) is 1.48. The molecule has 1 unspecified atom stereocenters. The number of fused-ring (bicyclic) bond motifs is 21. The Bertz CT molecular complexity index is 5710. The highest BCUT2D eigenvalue weighted by molar-refractivity contribution is 6.14. The molecule has 1 atom stereocenters. The Kier molecular flexibility index (Phi) is 9.45. The largest absolute Gasteiger partial charge is 0.457 e. The fourth-order valence-corrected chi connectivity index (χ4v) is 15.0. The molecule has 6 aromatic heterocycles. The molecule has 0 saturated carbocycles. The summed E-state index contributed by atoms with van der Waals surface area (Å²) in [4.78, 5) is 10.7. The van der Waals surface area contributed by atoms with Crippen LogP contribution in [0.2, 0.25) is 0 Å². The first-order chi connectivity index (χ1) is 42.6. The van der Waals surface area contributed by atoms with E-state index in [1.807, 2.05) is 24.5 Å². The van der Waals surface area contributed by atoms with E-state index in [1.165, 1.54) is 32.3 Å². The highest BCUT2D eigenvalue weighted by Crippen LogP contribution is 2.62. The van der Waals surface area contributed by atoms with E-state index in [0.717, 1.165) is 134 Å². The van der Waals surface area contributed by atoms with Crippen LogP contribution in [0.5, 0.6) is 11.5 Å². The lowest BCUT2D eigenvalue weighted by molar-refractivity contribution is 0.436. The number of benzene rings is 11. The minimum Gasteiger partial charge on any atom is -0.457 e. The second-order valence-corrected chi connectivity index (χ2v) is 22.7. The van der Waals surface area contributed by atoms with Crippen molar-refractivity contribution < 1.29 is 4.74 Å². The maximum absolute atomic E-state index is 10.4. The molecule has 19 rings (SSSR count). The Morgan fingerprint density at radius 2 is 0.802 bits per heavy atom. The standard InChI is InChI=1S/C78H45N7O/c79-45-47-31-36-70-58(40-47)59-41-48(32-37-71(59)85(70)73-30-14-13-29-72(73)84-68-27-11-5-20-56(68)57-21-6-12-28-69(57)84)49-33-38-74-62(42-49)78(60-35-34-50(44-75(60)86-74)82-64-23-7-1-16-52(64)53-17-2-8-24-65(53)82)61-22-15-39-80-76(61)77-63(78)43-51(46-81-77)83-66-25-9-3-18-54(66)55-19-4-10-26-67(55)83/h1-44,46H. The molecule has 86 heavy (non-hydrogen) atoms. The molecule has 0 N–H and O–H groups in total. The summed E-state index contributed by atoms with van der Waals surface area (Å²) in [5.74, 6) is 1.52. The van der Waals surface area contributed by atoms with Crippen LogP contribution >= 0.6 is 0 Å². The van der Waals surface area contributed by atoms with Gasteiger partial charge in [0.15, 0.2) is 0 Å². The Labute approximate surface area is 492 Å². The van der Waals surface area contributed by atoms with Gasteiger partial charge in [0.2, 0.25) is 0 Å². The van der Waals surface area contributed by atoms with Gasteiger partial charge in [0.25, 0.3) is 0 Å². The summed E-state index contributed by atoms with van der Waals surface area (Å²) in [6, 6.07) is 96.0. The highest BCUT2D eigenvalue weighted by Gasteiger charge is 2.53. The first-order valence-electron chi connectivity index (χ1n) is 29.1. The lowest BCUT2D eigenvalue weighted by Crippen LogP contribution is -2.32. The van der Waals surface area contributed by atoms with E-state index in [9.17, 15) is 5.26 Å². The normalized spacial score (nSPS) is 14.2. The van der Waals surface area contributed by atoms with E-state index in [0.29, 0.717) is 5.56 Å². The molecular weight excluding hydrogens is 1050 g/mol. The maximum atomic E-state index is 10.4. The first kappa shape index (κ1) is 46.8. The summed E-state index contributed by atoms with van der Waals surface area (Å²) in [6.45, 7) is 0. The van der Waals surface area contributed by atoms with Crippen molar-refractivity contribution in [3.63, 3.8) is 0 Å². The van der Waals surface area contributed by atoms with Gasteiger partial charge in [-0.3, -0.25) is 9.97 Å². The monoisotopic (exact) mass is 1100 g/mol. The zero-order valence-electron chi connectivity index (χ0n) is 46.0. The average molecular weight is 1100 g/mol. The smallest absolute Gasteiger partial charge is 0.134 e. The van der Waals surface area contributed by atoms with Crippen molar-refractivity contribution >= 4 is 87.2 Å². The zero-order chi connectivity index (χ0) is 56.4. The van der Waals surface area contributed by atoms with Crippen molar-refractivity contribution in [2.75, 3.05) is 0 Å². The Hall–Kier alpha value is -11.8. The number of nitrogens with zero attached hydrogens (tertiary/aromatic N) is 7. The SMILES string of the molecule is N#Cc1ccc2c(c1)c1cc(-c3ccc4c(c3)C3(c5ccc(-n6c7ccccc7c7ccccc76)cc5O4)c4cccnc4-c4ncc(-n5c6ccccc6c6ccccc65)cc43)ccc1n2-c1ccccc1-n1c2ccccc2c2ccccc21. The number of aromatic nitrogens is 6. The molecule has 0 radical (unpaired) electrons. The molecule has 1 aliphatic carbocycles. The van der Waals surface area contributed by atoms with Crippen LogP contribution in [0.25, 0.3) is 132 Å². The third-order valence-corrected chi connectivity index (χ3v) is 18.5. The van der Waals surface area contributed by atoms with E-state index in [4.69, 9.17) is 14.7 Å². The fraction of sp³-hybridized carbons (Fsp3) is 0.0128. The molecule has 1 aliphatic heterocycles. The maximum Gasteiger partial charge on any atom is 0.134 e. The lowest BCUT2D eigenvalue weighted by atomic mass is 9.66. The van der Waals surface area contributed by atoms with E-state index in [1.54, 1.807) is 0 Å². The number of rotatable bonds is 5. The molecule has 0 fully saturated rings. The third kappa shape index (κ3) is 6.19. The predicted octanol–water partition coefficient (Wildman–Crippen LogP) is 18.9. The number of nitriles is 1. The number of hydrogen-bond acceptors (Lipinski definition) is 4. The van der Waals surface area contributed by atoms with Crippen LogP contribution in [0.1, 0.15) is 27.8 Å². The van der Waals surface area contributed by atoms with Crippen LogP contribution in [0, 0.1) is 11.3 Å². The Balaban J connectivity index is 0.851. The van der Waals surface area contributed by atoms with Gasteiger partial charge in [-0.15, -0.1) is 0 Å². The topological polar surface area (TPSA) is 78.5 Å². The van der Waals surface area contributed by atoms with Gasteiger partial charge in [0.05, 0.1) is 95.8 Å². The number of ether oxygens (including phenoxy) is 1. The van der Waals surface area contributed by atoms with E-state index >= 15 is 0 Å². The molecule has 1 spiro atoms.